The molecule has 0 aromatic carbocycles. The molecular weight excluding hydrogens is 882 g/mol. The van der Waals surface area contributed by atoms with Gasteiger partial charge in [0.25, 0.3) is 0 Å². The summed E-state index contributed by atoms with van der Waals surface area (Å²) in [5.41, 5.74) is 5.38. The van der Waals surface area contributed by atoms with E-state index in [9.17, 15) is 19.0 Å². The lowest BCUT2D eigenvalue weighted by Gasteiger charge is -2.19. The molecule has 0 aliphatic heterocycles. The maximum Gasteiger partial charge on any atom is 0.472 e. The van der Waals surface area contributed by atoms with E-state index in [1.807, 2.05) is 0 Å². The predicted octanol–water partition coefficient (Wildman–Crippen LogP) is 17.7. The second-order valence-corrected chi connectivity index (χ2v) is 20.2. The highest BCUT2D eigenvalue weighted by Gasteiger charge is 2.26. The van der Waals surface area contributed by atoms with Crippen LogP contribution in [0.5, 0.6) is 0 Å². The molecule has 0 aromatic heterocycles. The molecule has 0 spiro atoms. The third-order valence-electron chi connectivity index (χ3n) is 12.1. The number of carbonyl (C=O) groups is 2. The van der Waals surface area contributed by atoms with Crippen molar-refractivity contribution < 1.29 is 37.6 Å². The number of phosphoric acid groups is 1. The summed E-state index contributed by atoms with van der Waals surface area (Å²) < 4.78 is 33.0. The second kappa shape index (κ2) is 54.8. The average Bonchev–Trinajstić information content (AvgIpc) is 3.34. The number of ether oxygens (including phenoxy) is 2. The van der Waals surface area contributed by atoms with Gasteiger partial charge >= 0.3 is 19.8 Å². The number of nitrogens with two attached hydrogens (primary N) is 1. The fourth-order valence-corrected chi connectivity index (χ4v) is 8.66. The van der Waals surface area contributed by atoms with Crippen molar-refractivity contribution in [2.75, 3.05) is 26.4 Å². The summed E-state index contributed by atoms with van der Waals surface area (Å²) in [5.74, 6) is -0.840. The Labute approximate surface area is 424 Å². The van der Waals surface area contributed by atoms with Gasteiger partial charge in [0.15, 0.2) is 6.10 Å². The fraction of sp³-hybridized carbons (Fsp3) is 0.763. The summed E-state index contributed by atoms with van der Waals surface area (Å²) in [5, 5.41) is 0. The highest BCUT2D eigenvalue weighted by molar-refractivity contribution is 7.47. The Hall–Kier alpha value is -2.55. The molecule has 2 unspecified atom stereocenters. The van der Waals surface area contributed by atoms with Crippen LogP contribution in [-0.4, -0.2) is 49.3 Å². The SMILES string of the molecule is CC/C=C\C/C=C\C/C=C\C/C=C\CCCCCCCCC(=O)OC(COC(=O)CCCCCCCCCCCCCCCCCCC/C=C\C/C=C\CCCCCCC)COP(=O)(O)OCCN. The minimum atomic E-state index is -4.39. The lowest BCUT2D eigenvalue weighted by atomic mass is 10.0. The van der Waals surface area contributed by atoms with E-state index in [1.54, 1.807) is 0 Å². The topological polar surface area (TPSA) is 134 Å². The van der Waals surface area contributed by atoms with E-state index in [-0.39, 0.29) is 38.6 Å². The van der Waals surface area contributed by atoms with Crippen LogP contribution in [0.4, 0.5) is 0 Å². The van der Waals surface area contributed by atoms with Crippen LogP contribution >= 0.6 is 7.82 Å². The Morgan fingerprint density at radius 2 is 0.797 bits per heavy atom. The van der Waals surface area contributed by atoms with Crippen LogP contribution in [0.3, 0.4) is 0 Å². The zero-order chi connectivity index (χ0) is 50.2. The summed E-state index contributed by atoms with van der Waals surface area (Å²) >= 11 is 0. The van der Waals surface area contributed by atoms with Crippen molar-refractivity contribution in [3.63, 3.8) is 0 Å². The first kappa shape index (κ1) is 66.5. The summed E-state index contributed by atoms with van der Waals surface area (Å²) in [6.07, 6.45) is 69.6. The van der Waals surface area contributed by atoms with Gasteiger partial charge in [0, 0.05) is 19.4 Å². The summed E-state index contributed by atoms with van der Waals surface area (Å²) in [7, 11) is -4.39. The number of unbranched alkanes of at least 4 members (excludes halogenated alkanes) is 28. The number of allylic oxidation sites excluding steroid dienone is 12. The van der Waals surface area contributed by atoms with Crippen LogP contribution in [0.15, 0.2) is 72.9 Å². The molecule has 0 aliphatic carbocycles. The van der Waals surface area contributed by atoms with Crippen molar-refractivity contribution in [1.29, 1.82) is 0 Å². The first-order valence-electron chi connectivity index (χ1n) is 28.4. The Morgan fingerprint density at radius 3 is 1.19 bits per heavy atom. The third-order valence-corrected chi connectivity index (χ3v) is 13.1. The molecule has 10 heteroatoms. The van der Waals surface area contributed by atoms with Crippen LogP contribution in [0.25, 0.3) is 0 Å². The van der Waals surface area contributed by atoms with Gasteiger partial charge < -0.3 is 20.1 Å². The van der Waals surface area contributed by atoms with E-state index < -0.39 is 26.5 Å². The highest BCUT2D eigenvalue weighted by Crippen LogP contribution is 2.43. The molecule has 400 valence electrons. The lowest BCUT2D eigenvalue weighted by molar-refractivity contribution is -0.161. The van der Waals surface area contributed by atoms with Gasteiger partial charge in [-0.2, -0.15) is 0 Å². The Morgan fingerprint density at radius 1 is 0.449 bits per heavy atom. The van der Waals surface area contributed by atoms with Gasteiger partial charge in [-0.25, -0.2) is 4.57 Å². The van der Waals surface area contributed by atoms with Gasteiger partial charge in [0.2, 0.25) is 0 Å². The smallest absolute Gasteiger partial charge is 0.462 e. The minimum absolute atomic E-state index is 0.0486. The average molecular weight is 988 g/mol. The van der Waals surface area contributed by atoms with Crippen LogP contribution < -0.4 is 5.73 Å². The van der Waals surface area contributed by atoms with Crippen molar-refractivity contribution >= 4 is 19.8 Å². The quantitative estimate of drug-likeness (QED) is 0.0264. The normalized spacial score (nSPS) is 13.6. The second-order valence-electron chi connectivity index (χ2n) is 18.8. The van der Waals surface area contributed by atoms with E-state index in [1.165, 1.54) is 135 Å². The molecule has 0 aromatic rings. The van der Waals surface area contributed by atoms with Gasteiger partial charge in [-0.05, 0) is 83.5 Å². The Kier molecular flexibility index (Phi) is 52.8. The van der Waals surface area contributed by atoms with Gasteiger partial charge in [-0.3, -0.25) is 18.6 Å². The summed E-state index contributed by atoms with van der Waals surface area (Å²) in [6, 6.07) is 0. The molecule has 0 saturated carbocycles. The molecule has 0 bridgehead atoms. The lowest BCUT2D eigenvalue weighted by Crippen LogP contribution is -2.29. The molecule has 0 fully saturated rings. The molecule has 0 rings (SSSR count). The first-order valence-corrected chi connectivity index (χ1v) is 29.9. The summed E-state index contributed by atoms with van der Waals surface area (Å²) in [6.45, 7) is 3.62. The standard InChI is InChI=1S/C59H106NO8P/c1-3-5-7-9-11-13-15-17-19-21-23-24-25-26-27-28-29-30-31-32-34-35-37-39-41-43-45-47-49-51-58(61)65-55-57(56-67-69(63,64)66-54-53-60)68-59(62)52-50-48-46-44-42-40-38-36-33-22-20-18-16-14-12-10-8-6-4-2/h6,8,12,14-15,17-18,20-21,23,33,36,57H,3-5,7,9-11,13,16,19,22,24-32,34-35,37-56,60H2,1-2H3,(H,63,64)/b8-6-,14-12-,17-15-,20-18-,23-21-,36-33-. The number of phosphoric ester groups is 1. The van der Waals surface area contributed by atoms with Gasteiger partial charge in [0.1, 0.15) is 6.61 Å². The molecule has 69 heavy (non-hydrogen) atoms. The highest BCUT2D eigenvalue weighted by atomic mass is 31.2. The minimum Gasteiger partial charge on any atom is -0.462 e. The molecule has 3 N–H and O–H groups in total. The Bertz CT molecular complexity index is 1360. The monoisotopic (exact) mass is 988 g/mol. The summed E-state index contributed by atoms with van der Waals surface area (Å²) in [4.78, 5) is 35.1. The Balaban J connectivity index is 3.95. The zero-order valence-electron chi connectivity index (χ0n) is 44.5. The number of hydrogen-bond acceptors (Lipinski definition) is 8. The van der Waals surface area contributed by atoms with Crippen molar-refractivity contribution in [3.8, 4) is 0 Å². The molecule has 0 heterocycles. The van der Waals surface area contributed by atoms with Crippen LogP contribution in [-0.2, 0) is 32.7 Å². The van der Waals surface area contributed by atoms with E-state index in [0.717, 1.165) is 89.9 Å². The molecule has 2 atom stereocenters. The molecule has 0 saturated heterocycles. The van der Waals surface area contributed by atoms with Gasteiger partial charge in [0.05, 0.1) is 13.2 Å². The van der Waals surface area contributed by atoms with Crippen molar-refractivity contribution in [3.05, 3.63) is 72.9 Å². The van der Waals surface area contributed by atoms with E-state index >= 15 is 0 Å². The molecule has 0 radical (unpaired) electrons. The van der Waals surface area contributed by atoms with Gasteiger partial charge in [-0.1, -0.05) is 234 Å². The van der Waals surface area contributed by atoms with Crippen LogP contribution in [0.2, 0.25) is 0 Å². The van der Waals surface area contributed by atoms with Crippen molar-refractivity contribution in [2.24, 2.45) is 5.73 Å². The van der Waals surface area contributed by atoms with Crippen molar-refractivity contribution in [1.82, 2.24) is 0 Å². The number of carbonyl (C=O) groups excluding carboxylic acids is 2. The predicted molar refractivity (Wildman–Crippen MR) is 293 cm³/mol. The molecular formula is C59H106NO8P. The number of esters is 2. The maximum absolute atomic E-state index is 12.7. The number of hydrogen-bond donors (Lipinski definition) is 2. The zero-order valence-corrected chi connectivity index (χ0v) is 45.4. The van der Waals surface area contributed by atoms with Gasteiger partial charge in [-0.15, -0.1) is 0 Å². The third kappa shape index (κ3) is 54.6. The van der Waals surface area contributed by atoms with E-state index in [2.05, 4.69) is 86.8 Å². The first-order chi connectivity index (χ1) is 33.8. The van der Waals surface area contributed by atoms with E-state index in [4.69, 9.17) is 24.3 Å². The maximum atomic E-state index is 12.7. The van der Waals surface area contributed by atoms with Crippen LogP contribution in [0, 0.1) is 0 Å². The fourth-order valence-electron chi connectivity index (χ4n) is 7.89. The molecule has 9 nitrogen and oxygen atoms in total. The molecule has 0 amide bonds. The molecule has 0 aliphatic rings. The van der Waals surface area contributed by atoms with Crippen LogP contribution in [0.1, 0.15) is 258 Å². The van der Waals surface area contributed by atoms with E-state index in [0.29, 0.717) is 6.42 Å². The van der Waals surface area contributed by atoms with Crippen molar-refractivity contribution in [2.45, 2.75) is 264 Å². The largest absolute Gasteiger partial charge is 0.472 e. The number of rotatable bonds is 53.